The van der Waals surface area contributed by atoms with Gasteiger partial charge in [-0.3, -0.25) is 0 Å². The van der Waals surface area contributed by atoms with Crippen molar-refractivity contribution in [1.82, 2.24) is 4.90 Å². The summed E-state index contributed by atoms with van der Waals surface area (Å²) < 4.78 is 0. The summed E-state index contributed by atoms with van der Waals surface area (Å²) in [5.41, 5.74) is 2.09. The van der Waals surface area contributed by atoms with Gasteiger partial charge >= 0.3 is 6.03 Å². The fourth-order valence-electron chi connectivity index (χ4n) is 2.80. The number of urea groups is 1. The minimum atomic E-state index is 0.0426. The number of carbonyl (C=O) groups is 1. The summed E-state index contributed by atoms with van der Waals surface area (Å²) in [6, 6.07) is 8.02. The van der Waals surface area contributed by atoms with Crippen LogP contribution in [0.25, 0.3) is 0 Å². The number of nitrogens with zero attached hydrogens (tertiary/aromatic N) is 1. The Bertz CT molecular complexity index is 441. The minimum absolute atomic E-state index is 0.0426. The average molecular weight is 274 g/mol. The number of nitrogens with one attached hydrogen (secondary N) is 1. The van der Waals surface area contributed by atoms with E-state index in [0.717, 1.165) is 25.2 Å². The van der Waals surface area contributed by atoms with E-state index in [0.29, 0.717) is 11.8 Å². The number of likely N-dealkylation sites (tertiary alicyclic amines) is 1. The van der Waals surface area contributed by atoms with Gasteiger partial charge in [0.25, 0.3) is 0 Å². The maximum atomic E-state index is 12.4. The van der Waals surface area contributed by atoms with Gasteiger partial charge in [-0.2, -0.15) is 0 Å². The lowest BCUT2D eigenvalue weighted by molar-refractivity contribution is 0.200. The standard InChI is InChI=1S/C17H26N2O/c1-4-15-8-5-14(3)11-19(12-15)17(20)18-16-9-6-13(2)7-10-16/h6-7,9-10,14-15H,4-5,8,11-12H2,1-3H3,(H,18,20). The van der Waals surface area contributed by atoms with Crippen molar-refractivity contribution < 1.29 is 4.79 Å². The van der Waals surface area contributed by atoms with Crippen LogP contribution in [0.2, 0.25) is 0 Å². The van der Waals surface area contributed by atoms with Gasteiger partial charge in [0.1, 0.15) is 0 Å². The van der Waals surface area contributed by atoms with Gasteiger partial charge in [-0.05, 0) is 43.7 Å². The molecule has 110 valence electrons. The number of aryl methyl sites for hydroxylation is 1. The van der Waals surface area contributed by atoms with E-state index in [1.807, 2.05) is 36.1 Å². The largest absolute Gasteiger partial charge is 0.324 e. The summed E-state index contributed by atoms with van der Waals surface area (Å²) in [6.07, 6.45) is 3.62. The van der Waals surface area contributed by atoms with Gasteiger partial charge in [0, 0.05) is 18.8 Å². The number of carbonyl (C=O) groups excluding carboxylic acids is 1. The maximum absolute atomic E-state index is 12.4. The Kier molecular flexibility index (Phi) is 5.05. The second-order valence-corrected chi connectivity index (χ2v) is 6.16. The summed E-state index contributed by atoms with van der Waals surface area (Å²) in [4.78, 5) is 14.4. The SMILES string of the molecule is CCC1CCC(C)CN(C(=O)Nc2ccc(C)cc2)C1. The smallest absolute Gasteiger partial charge is 0.321 e. The summed E-state index contributed by atoms with van der Waals surface area (Å²) in [6.45, 7) is 8.27. The molecule has 2 amide bonds. The van der Waals surface area contributed by atoms with Gasteiger partial charge in [-0.25, -0.2) is 4.79 Å². The molecule has 2 atom stereocenters. The highest BCUT2D eigenvalue weighted by atomic mass is 16.2. The molecular weight excluding hydrogens is 248 g/mol. The molecule has 3 heteroatoms. The molecule has 0 aromatic heterocycles. The molecule has 1 N–H and O–H groups in total. The highest BCUT2D eigenvalue weighted by Crippen LogP contribution is 2.23. The van der Waals surface area contributed by atoms with Crippen molar-refractivity contribution in [3.8, 4) is 0 Å². The van der Waals surface area contributed by atoms with Gasteiger partial charge in [-0.15, -0.1) is 0 Å². The Morgan fingerprint density at radius 3 is 2.60 bits per heavy atom. The van der Waals surface area contributed by atoms with E-state index >= 15 is 0 Å². The molecule has 0 bridgehead atoms. The molecule has 0 spiro atoms. The number of amides is 2. The van der Waals surface area contributed by atoms with E-state index < -0.39 is 0 Å². The topological polar surface area (TPSA) is 32.3 Å². The molecule has 1 aliphatic heterocycles. The zero-order valence-corrected chi connectivity index (χ0v) is 12.9. The van der Waals surface area contributed by atoms with Crippen LogP contribution in [0.4, 0.5) is 10.5 Å². The van der Waals surface area contributed by atoms with E-state index in [9.17, 15) is 4.79 Å². The van der Waals surface area contributed by atoms with E-state index in [2.05, 4.69) is 19.2 Å². The molecular formula is C17H26N2O. The predicted molar refractivity (Wildman–Crippen MR) is 83.9 cm³/mol. The molecule has 1 aromatic rings. The van der Waals surface area contributed by atoms with E-state index in [4.69, 9.17) is 0 Å². The third-order valence-corrected chi connectivity index (χ3v) is 4.25. The minimum Gasteiger partial charge on any atom is -0.324 e. The van der Waals surface area contributed by atoms with Crippen molar-refractivity contribution >= 4 is 11.7 Å². The Labute approximate surface area is 122 Å². The van der Waals surface area contributed by atoms with E-state index in [1.165, 1.54) is 18.4 Å². The van der Waals surface area contributed by atoms with Gasteiger partial charge in [-0.1, -0.05) is 38.0 Å². The quantitative estimate of drug-likeness (QED) is 0.857. The zero-order valence-electron chi connectivity index (χ0n) is 12.9. The van der Waals surface area contributed by atoms with Crippen LogP contribution < -0.4 is 5.32 Å². The lowest BCUT2D eigenvalue weighted by atomic mass is 9.97. The van der Waals surface area contributed by atoms with Crippen LogP contribution in [-0.2, 0) is 0 Å². The van der Waals surface area contributed by atoms with Crippen LogP contribution in [0.15, 0.2) is 24.3 Å². The molecule has 2 rings (SSSR count). The van der Waals surface area contributed by atoms with Gasteiger partial charge in [0.15, 0.2) is 0 Å². The van der Waals surface area contributed by atoms with Crippen molar-refractivity contribution in [3.05, 3.63) is 29.8 Å². The van der Waals surface area contributed by atoms with Crippen LogP contribution in [0.5, 0.6) is 0 Å². The maximum Gasteiger partial charge on any atom is 0.321 e. The second kappa shape index (κ2) is 6.78. The Morgan fingerprint density at radius 1 is 1.25 bits per heavy atom. The Balaban J connectivity index is 2.00. The molecule has 3 nitrogen and oxygen atoms in total. The summed E-state index contributed by atoms with van der Waals surface area (Å²) >= 11 is 0. The van der Waals surface area contributed by atoms with Crippen molar-refractivity contribution in [1.29, 1.82) is 0 Å². The molecule has 0 aliphatic carbocycles. The molecule has 0 radical (unpaired) electrons. The van der Waals surface area contributed by atoms with Crippen molar-refractivity contribution in [2.24, 2.45) is 11.8 Å². The van der Waals surface area contributed by atoms with Crippen molar-refractivity contribution in [3.63, 3.8) is 0 Å². The molecule has 1 aromatic carbocycles. The van der Waals surface area contributed by atoms with Crippen LogP contribution in [0.1, 0.15) is 38.7 Å². The van der Waals surface area contributed by atoms with E-state index in [-0.39, 0.29) is 6.03 Å². The first-order chi connectivity index (χ1) is 9.58. The lowest BCUT2D eigenvalue weighted by Gasteiger charge is -2.25. The Morgan fingerprint density at radius 2 is 1.95 bits per heavy atom. The lowest BCUT2D eigenvalue weighted by Crippen LogP contribution is -2.39. The number of hydrogen-bond acceptors (Lipinski definition) is 1. The summed E-state index contributed by atoms with van der Waals surface area (Å²) in [5.74, 6) is 1.24. The van der Waals surface area contributed by atoms with Crippen molar-refractivity contribution in [2.75, 3.05) is 18.4 Å². The monoisotopic (exact) mass is 274 g/mol. The van der Waals surface area contributed by atoms with Crippen LogP contribution in [0, 0.1) is 18.8 Å². The first-order valence-corrected chi connectivity index (χ1v) is 7.71. The highest BCUT2D eigenvalue weighted by Gasteiger charge is 2.24. The average Bonchev–Trinajstić information content (AvgIpc) is 2.63. The molecule has 20 heavy (non-hydrogen) atoms. The first kappa shape index (κ1) is 14.9. The van der Waals surface area contributed by atoms with Crippen LogP contribution in [0.3, 0.4) is 0 Å². The van der Waals surface area contributed by atoms with Crippen molar-refractivity contribution in [2.45, 2.75) is 40.0 Å². The Hall–Kier alpha value is -1.51. The molecule has 1 fully saturated rings. The zero-order chi connectivity index (χ0) is 14.5. The van der Waals surface area contributed by atoms with Crippen LogP contribution >= 0.6 is 0 Å². The number of anilines is 1. The predicted octanol–water partition coefficient (Wildman–Crippen LogP) is 4.29. The number of benzene rings is 1. The molecule has 1 heterocycles. The normalized spacial score (nSPS) is 23.2. The van der Waals surface area contributed by atoms with Gasteiger partial charge in [0.05, 0.1) is 0 Å². The third kappa shape index (κ3) is 3.99. The van der Waals surface area contributed by atoms with E-state index in [1.54, 1.807) is 0 Å². The molecule has 1 aliphatic rings. The first-order valence-electron chi connectivity index (χ1n) is 7.71. The molecule has 1 saturated heterocycles. The third-order valence-electron chi connectivity index (χ3n) is 4.25. The van der Waals surface area contributed by atoms with Gasteiger partial charge < -0.3 is 10.2 Å². The summed E-state index contributed by atoms with van der Waals surface area (Å²) in [7, 11) is 0. The fraction of sp³-hybridized carbons (Fsp3) is 0.588. The fourth-order valence-corrected chi connectivity index (χ4v) is 2.80. The number of hydrogen-bond donors (Lipinski definition) is 1. The molecule has 2 unspecified atom stereocenters. The highest BCUT2D eigenvalue weighted by molar-refractivity contribution is 5.89. The second-order valence-electron chi connectivity index (χ2n) is 6.16. The van der Waals surface area contributed by atoms with Crippen LogP contribution in [-0.4, -0.2) is 24.0 Å². The summed E-state index contributed by atoms with van der Waals surface area (Å²) in [5, 5.41) is 3.02. The molecule has 0 saturated carbocycles. The van der Waals surface area contributed by atoms with Gasteiger partial charge in [0.2, 0.25) is 0 Å². The number of rotatable bonds is 2.